The molecule has 1 saturated heterocycles. The third-order valence-electron chi connectivity index (χ3n) is 3.15. The van der Waals surface area contributed by atoms with Gasteiger partial charge in [0.15, 0.2) is 0 Å². The van der Waals surface area contributed by atoms with Gasteiger partial charge in [-0.3, -0.25) is 0 Å². The number of nitrogens with two attached hydrogens (primary N) is 1. The molecular formula is C12H18N4O2. The summed E-state index contributed by atoms with van der Waals surface area (Å²) in [5.41, 5.74) is 6.50. The predicted octanol–water partition coefficient (Wildman–Crippen LogP) is 0.499. The second-order valence-corrected chi connectivity index (χ2v) is 4.41. The van der Waals surface area contributed by atoms with Crippen LogP contribution in [0.5, 0.6) is 0 Å². The Morgan fingerprint density at radius 3 is 3.06 bits per heavy atom. The Morgan fingerprint density at radius 2 is 2.39 bits per heavy atom. The summed E-state index contributed by atoms with van der Waals surface area (Å²) in [7, 11) is 1.33. The second kappa shape index (κ2) is 5.30. The number of hydrogen-bond donors (Lipinski definition) is 1. The molecule has 1 aromatic heterocycles. The molecule has 0 amide bonds. The fourth-order valence-electron chi connectivity index (χ4n) is 2.26. The number of aryl methyl sites for hydroxylation is 1. The number of aromatic nitrogens is 2. The van der Waals surface area contributed by atoms with E-state index in [1.807, 2.05) is 13.0 Å². The standard InChI is InChI=1S/C12H18N4O2/c1-8-6-10(15-11(14-8)12(17)18-2)16-5-3-4-9(16)7-13/h6,9H,3-5,7,13H2,1-2H3. The smallest absolute Gasteiger partial charge is 0.376 e. The lowest BCUT2D eigenvalue weighted by atomic mass is 10.2. The maximum absolute atomic E-state index is 11.5. The molecule has 0 spiro atoms. The fourth-order valence-corrected chi connectivity index (χ4v) is 2.26. The van der Waals surface area contributed by atoms with Crippen molar-refractivity contribution < 1.29 is 9.53 Å². The van der Waals surface area contributed by atoms with Crippen LogP contribution in [-0.4, -0.2) is 42.2 Å². The van der Waals surface area contributed by atoms with E-state index in [4.69, 9.17) is 5.73 Å². The van der Waals surface area contributed by atoms with Gasteiger partial charge >= 0.3 is 5.97 Å². The first-order valence-electron chi connectivity index (χ1n) is 6.06. The molecule has 98 valence electrons. The second-order valence-electron chi connectivity index (χ2n) is 4.41. The van der Waals surface area contributed by atoms with E-state index in [0.29, 0.717) is 12.6 Å². The van der Waals surface area contributed by atoms with E-state index < -0.39 is 5.97 Å². The Morgan fingerprint density at radius 1 is 1.61 bits per heavy atom. The van der Waals surface area contributed by atoms with E-state index in [-0.39, 0.29) is 5.82 Å². The van der Waals surface area contributed by atoms with E-state index >= 15 is 0 Å². The molecule has 0 bridgehead atoms. The molecule has 1 atom stereocenters. The van der Waals surface area contributed by atoms with Crippen molar-refractivity contribution in [1.29, 1.82) is 0 Å². The summed E-state index contributed by atoms with van der Waals surface area (Å²) in [6.45, 7) is 3.35. The van der Waals surface area contributed by atoms with Crippen molar-refractivity contribution in [2.75, 3.05) is 25.1 Å². The molecule has 18 heavy (non-hydrogen) atoms. The number of ether oxygens (including phenoxy) is 1. The van der Waals surface area contributed by atoms with Gasteiger partial charge in [0.2, 0.25) is 5.82 Å². The van der Waals surface area contributed by atoms with Crippen molar-refractivity contribution in [3.05, 3.63) is 17.6 Å². The van der Waals surface area contributed by atoms with Crippen molar-refractivity contribution in [3.63, 3.8) is 0 Å². The lowest BCUT2D eigenvalue weighted by molar-refractivity contribution is 0.0586. The van der Waals surface area contributed by atoms with Gasteiger partial charge < -0.3 is 15.4 Å². The highest BCUT2D eigenvalue weighted by atomic mass is 16.5. The summed E-state index contributed by atoms with van der Waals surface area (Å²) in [4.78, 5) is 22.0. The van der Waals surface area contributed by atoms with Gasteiger partial charge in [-0.05, 0) is 19.8 Å². The van der Waals surface area contributed by atoms with Crippen LogP contribution in [0.1, 0.15) is 29.2 Å². The third kappa shape index (κ3) is 2.43. The topological polar surface area (TPSA) is 81.3 Å². The first-order chi connectivity index (χ1) is 8.65. The molecule has 6 heteroatoms. The molecule has 2 heterocycles. The van der Waals surface area contributed by atoms with Crippen LogP contribution in [0.2, 0.25) is 0 Å². The largest absolute Gasteiger partial charge is 0.463 e. The number of rotatable bonds is 3. The normalized spacial score (nSPS) is 19.1. The van der Waals surface area contributed by atoms with E-state index in [2.05, 4.69) is 19.6 Å². The summed E-state index contributed by atoms with van der Waals surface area (Å²) in [5, 5.41) is 0. The summed E-state index contributed by atoms with van der Waals surface area (Å²) < 4.78 is 4.65. The maximum Gasteiger partial charge on any atom is 0.376 e. The van der Waals surface area contributed by atoms with Crippen LogP contribution in [0.4, 0.5) is 5.82 Å². The van der Waals surface area contributed by atoms with Gasteiger partial charge in [0.05, 0.1) is 7.11 Å². The van der Waals surface area contributed by atoms with E-state index in [9.17, 15) is 4.79 Å². The van der Waals surface area contributed by atoms with Gasteiger partial charge in [-0.2, -0.15) is 0 Å². The minimum Gasteiger partial charge on any atom is -0.463 e. The van der Waals surface area contributed by atoms with Crippen LogP contribution in [0, 0.1) is 6.92 Å². The van der Waals surface area contributed by atoms with Crippen molar-refractivity contribution in [3.8, 4) is 0 Å². The van der Waals surface area contributed by atoms with Crippen molar-refractivity contribution >= 4 is 11.8 Å². The van der Waals surface area contributed by atoms with Gasteiger partial charge in [-0.1, -0.05) is 0 Å². The van der Waals surface area contributed by atoms with Crippen LogP contribution in [0.25, 0.3) is 0 Å². The number of anilines is 1. The summed E-state index contributed by atoms with van der Waals surface area (Å²) >= 11 is 0. The molecule has 1 unspecified atom stereocenters. The van der Waals surface area contributed by atoms with E-state index in [1.165, 1.54) is 7.11 Å². The number of methoxy groups -OCH3 is 1. The zero-order valence-corrected chi connectivity index (χ0v) is 10.7. The first kappa shape index (κ1) is 12.8. The molecule has 1 aromatic rings. The first-order valence-corrected chi connectivity index (χ1v) is 6.06. The lowest BCUT2D eigenvalue weighted by Crippen LogP contribution is -2.36. The monoisotopic (exact) mass is 250 g/mol. The van der Waals surface area contributed by atoms with Gasteiger partial charge in [0.25, 0.3) is 0 Å². The molecule has 1 aliphatic heterocycles. The van der Waals surface area contributed by atoms with Crippen LogP contribution in [0.3, 0.4) is 0 Å². The highest BCUT2D eigenvalue weighted by Gasteiger charge is 2.25. The zero-order valence-electron chi connectivity index (χ0n) is 10.7. The quantitative estimate of drug-likeness (QED) is 0.787. The SMILES string of the molecule is COC(=O)c1nc(C)cc(N2CCCC2CN)n1. The molecule has 0 aromatic carbocycles. The summed E-state index contributed by atoms with van der Waals surface area (Å²) in [5.74, 6) is 0.356. The fraction of sp³-hybridized carbons (Fsp3) is 0.583. The lowest BCUT2D eigenvalue weighted by Gasteiger charge is -2.24. The van der Waals surface area contributed by atoms with Crippen molar-refractivity contribution in [2.45, 2.75) is 25.8 Å². The highest BCUT2D eigenvalue weighted by Crippen LogP contribution is 2.23. The van der Waals surface area contributed by atoms with Crippen LogP contribution >= 0.6 is 0 Å². The number of nitrogens with zero attached hydrogens (tertiary/aromatic N) is 3. The molecule has 1 aliphatic rings. The van der Waals surface area contributed by atoms with Gasteiger partial charge in [0, 0.05) is 30.9 Å². The van der Waals surface area contributed by atoms with Crippen LogP contribution in [-0.2, 0) is 4.74 Å². The number of hydrogen-bond acceptors (Lipinski definition) is 6. The third-order valence-corrected chi connectivity index (χ3v) is 3.15. The molecule has 0 aliphatic carbocycles. The minimum absolute atomic E-state index is 0.107. The van der Waals surface area contributed by atoms with Crippen molar-refractivity contribution in [1.82, 2.24) is 9.97 Å². The maximum atomic E-state index is 11.5. The Balaban J connectivity index is 2.33. The number of carbonyl (C=O) groups excluding carboxylic acids is 1. The predicted molar refractivity (Wildman–Crippen MR) is 67.5 cm³/mol. The van der Waals surface area contributed by atoms with Gasteiger partial charge in [-0.25, -0.2) is 14.8 Å². The van der Waals surface area contributed by atoms with Crippen molar-refractivity contribution in [2.24, 2.45) is 5.73 Å². The number of carbonyl (C=O) groups is 1. The highest BCUT2D eigenvalue weighted by molar-refractivity contribution is 5.85. The molecule has 0 radical (unpaired) electrons. The Bertz CT molecular complexity index is 450. The molecular weight excluding hydrogens is 232 g/mol. The molecule has 0 saturated carbocycles. The van der Waals surface area contributed by atoms with Crippen LogP contribution in [0.15, 0.2) is 6.07 Å². The van der Waals surface area contributed by atoms with Gasteiger partial charge in [-0.15, -0.1) is 0 Å². The average Bonchev–Trinajstić information content (AvgIpc) is 2.85. The van der Waals surface area contributed by atoms with E-state index in [0.717, 1.165) is 30.9 Å². The Hall–Kier alpha value is -1.69. The van der Waals surface area contributed by atoms with E-state index in [1.54, 1.807) is 0 Å². The zero-order chi connectivity index (χ0) is 13.1. The number of esters is 1. The average molecular weight is 250 g/mol. The molecule has 2 rings (SSSR count). The Labute approximate surface area is 106 Å². The van der Waals surface area contributed by atoms with Gasteiger partial charge in [0.1, 0.15) is 5.82 Å². The minimum atomic E-state index is -0.511. The molecule has 1 fully saturated rings. The van der Waals surface area contributed by atoms with Crippen LogP contribution < -0.4 is 10.6 Å². The summed E-state index contributed by atoms with van der Waals surface area (Å²) in [6.07, 6.45) is 2.16. The summed E-state index contributed by atoms with van der Waals surface area (Å²) in [6, 6.07) is 2.17. The Kier molecular flexibility index (Phi) is 3.76. The molecule has 2 N–H and O–H groups in total. The molecule has 6 nitrogen and oxygen atoms in total.